The van der Waals surface area contributed by atoms with Crippen LogP contribution in [0.25, 0.3) is 0 Å². The van der Waals surface area contributed by atoms with E-state index in [1.807, 2.05) is 0 Å². The number of hydrogen-bond donors (Lipinski definition) is 0. The van der Waals surface area contributed by atoms with Crippen LogP contribution in [0.5, 0.6) is 0 Å². The molecule has 0 bridgehead atoms. The minimum absolute atomic E-state index is 0.454. The van der Waals surface area contributed by atoms with E-state index in [0.717, 1.165) is 19.3 Å². The van der Waals surface area contributed by atoms with Crippen LogP contribution in [0.15, 0.2) is 0 Å². The lowest BCUT2D eigenvalue weighted by Crippen LogP contribution is -2.36. The van der Waals surface area contributed by atoms with Gasteiger partial charge in [-0.25, -0.2) is 0 Å². The van der Waals surface area contributed by atoms with Gasteiger partial charge in [-0.15, -0.1) is 0 Å². The Morgan fingerprint density at radius 3 is 1.33 bits per heavy atom. The van der Waals surface area contributed by atoms with Gasteiger partial charge >= 0.3 is 17.9 Å². The van der Waals surface area contributed by atoms with Crippen LogP contribution < -0.4 is 0 Å². The zero-order chi connectivity index (χ0) is 22.6. The second-order valence-electron chi connectivity index (χ2n) is 8.10. The first-order valence-corrected chi connectivity index (χ1v) is 11.8. The van der Waals surface area contributed by atoms with Crippen molar-refractivity contribution in [2.75, 3.05) is 7.11 Å². The Hall–Kier alpha value is -1.59. The molecule has 0 amide bonds. The molecule has 1 atom stereocenters. The first-order chi connectivity index (χ1) is 14.4. The van der Waals surface area contributed by atoms with E-state index < -0.39 is 30.1 Å². The number of carbonyl (C=O) groups is 3. The first kappa shape index (κ1) is 28.4. The molecule has 1 unspecified atom stereocenters. The van der Waals surface area contributed by atoms with Gasteiger partial charge in [0.1, 0.15) is 5.92 Å². The standard InChI is InChI=1S/C24H44O6/c1-5-6-7-8-9-10-11-12-13-14-15-16-17-18-19-22(23(27)28-4)24(29-20(2)25)30-21(3)26/h22,24H,5-19H2,1-4H3. The lowest BCUT2D eigenvalue weighted by molar-refractivity contribution is -0.200. The largest absolute Gasteiger partial charge is 0.469 e. The highest BCUT2D eigenvalue weighted by Crippen LogP contribution is 2.21. The minimum atomic E-state index is -1.23. The van der Waals surface area contributed by atoms with Crippen LogP contribution in [-0.4, -0.2) is 31.3 Å². The number of rotatable bonds is 19. The topological polar surface area (TPSA) is 78.9 Å². The van der Waals surface area contributed by atoms with Gasteiger partial charge in [0, 0.05) is 13.8 Å². The molecular formula is C24H44O6. The number of ether oxygens (including phenoxy) is 3. The van der Waals surface area contributed by atoms with Gasteiger partial charge in [-0.3, -0.25) is 14.4 Å². The lowest BCUT2D eigenvalue weighted by Gasteiger charge is -2.24. The summed E-state index contributed by atoms with van der Waals surface area (Å²) in [7, 11) is 1.28. The zero-order valence-corrected chi connectivity index (χ0v) is 19.7. The molecule has 0 spiro atoms. The maximum atomic E-state index is 12.1. The van der Waals surface area contributed by atoms with Crippen molar-refractivity contribution in [2.45, 2.75) is 123 Å². The molecule has 0 aromatic rings. The highest BCUT2D eigenvalue weighted by molar-refractivity contribution is 5.75. The number of unbranched alkanes of at least 4 members (excludes halogenated alkanes) is 13. The molecule has 0 aromatic carbocycles. The van der Waals surface area contributed by atoms with Gasteiger partial charge < -0.3 is 14.2 Å². The van der Waals surface area contributed by atoms with Crippen LogP contribution in [0.3, 0.4) is 0 Å². The molecular weight excluding hydrogens is 384 g/mol. The van der Waals surface area contributed by atoms with E-state index in [9.17, 15) is 14.4 Å². The fraction of sp³-hybridized carbons (Fsp3) is 0.875. The zero-order valence-electron chi connectivity index (χ0n) is 19.7. The quantitative estimate of drug-likeness (QED) is 0.140. The van der Waals surface area contributed by atoms with Crippen molar-refractivity contribution in [1.82, 2.24) is 0 Å². The molecule has 0 radical (unpaired) electrons. The van der Waals surface area contributed by atoms with Crippen molar-refractivity contribution >= 4 is 17.9 Å². The summed E-state index contributed by atoms with van der Waals surface area (Å²) in [5.74, 6) is -2.52. The maximum Gasteiger partial charge on any atom is 0.316 e. The van der Waals surface area contributed by atoms with Gasteiger partial charge in [0.05, 0.1) is 7.11 Å². The van der Waals surface area contributed by atoms with E-state index in [-0.39, 0.29) is 0 Å². The molecule has 6 nitrogen and oxygen atoms in total. The molecule has 0 aliphatic rings. The Morgan fingerprint density at radius 2 is 1.00 bits per heavy atom. The summed E-state index contributed by atoms with van der Waals surface area (Å²) in [5.41, 5.74) is 0. The highest BCUT2D eigenvalue weighted by atomic mass is 16.7. The van der Waals surface area contributed by atoms with Crippen LogP contribution in [-0.2, 0) is 28.6 Å². The van der Waals surface area contributed by atoms with E-state index in [0.29, 0.717) is 6.42 Å². The van der Waals surface area contributed by atoms with Crippen LogP contribution in [0.2, 0.25) is 0 Å². The Balaban J connectivity index is 3.95. The number of carbonyl (C=O) groups excluding carboxylic acids is 3. The monoisotopic (exact) mass is 428 g/mol. The van der Waals surface area contributed by atoms with Crippen molar-refractivity contribution < 1.29 is 28.6 Å². The average Bonchev–Trinajstić information content (AvgIpc) is 2.69. The summed E-state index contributed by atoms with van der Waals surface area (Å²) >= 11 is 0. The Morgan fingerprint density at radius 1 is 0.633 bits per heavy atom. The summed E-state index contributed by atoms with van der Waals surface area (Å²) in [6.07, 6.45) is 16.7. The fourth-order valence-electron chi connectivity index (χ4n) is 3.59. The third-order valence-corrected chi connectivity index (χ3v) is 5.27. The van der Waals surface area contributed by atoms with Crippen molar-refractivity contribution in [1.29, 1.82) is 0 Å². The molecule has 0 aromatic heterocycles. The van der Waals surface area contributed by atoms with Crippen LogP contribution in [0, 0.1) is 5.92 Å². The maximum absolute atomic E-state index is 12.1. The number of hydrogen-bond acceptors (Lipinski definition) is 6. The van der Waals surface area contributed by atoms with Crippen molar-refractivity contribution in [3.63, 3.8) is 0 Å². The number of esters is 3. The molecule has 0 fully saturated rings. The second kappa shape index (κ2) is 19.4. The fourth-order valence-corrected chi connectivity index (χ4v) is 3.59. The first-order valence-electron chi connectivity index (χ1n) is 11.8. The molecule has 0 saturated heterocycles. The Bertz CT molecular complexity index is 447. The van der Waals surface area contributed by atoms with Gasteiger partial charge in [-0.1, -0.05) is 96.8 Å². The summed E-state index contributed by atoms with van der Waals surface area (Å²) < 4.78 is 14.9. The third kappa shape index (κ3) is 16.2. The summed E-state index contributed by atoms with van der Waals surface area (Å²) in [6, 6.07) is 0. The van der Waals surface area contributed by atoms with Gasteiger partial charge in [-0.05, 0) is 6.42 Å². The van der Waals surface area contributed by atoms with Gasteiger partial charge in [0.25, 0.3) is 6.29 Å². The third-order valence-electron chi connectivity index (χ3n) is 5.27. The van der Waals surface area contributed by atoms with Crippen molar-refractivity contribution in [2.24, 2.45) is 5.92 Å². The molecule has 0 aliphatic heterocycles. The SMILES string of the molecule is CCCCCCCCCCCCCCCCC(C(=O)OC)C(OC(C)=O)OC(C)=O. The van der Waals surface area contributed by atoms with Gasteiger partial charge in [0.15, 0.2) is 0 Å². The molecule has 0 N–H and O–H groups in total. The number of methoxy groups -OCH3 is 1. The molecule has 30 heavy (non-hydrogen) atoms. The molecule has 0 saturated carbocycles. The highest BCUT2D eigenvalue weighted by Gasteiger charge is 2.33. The molecule has 0 heterocycles. The predicted octanol–water partition coefficient (Wildman–Crippen LogP) is 6.10. The van der Waals surface area contributed by atoms with Crippen LogP contribution in [0.1, 0.15) is 117 Å². The Labute approximate surface area is 183 Å². The summed E-state index contributed by atoms with van der Waals surface area (Å²) in [5, 5.41) is 0. The minimum Gasteiger partial charge on any atom is -0.469 e. The molecule has 0 aliphatic carbocycles. The van der Waals surface area contributed by atoms with E-state index in [1.54, 1.807) is 0 Å². The summed E-state index contributed by atoms with van der Waals surface area (Å²) in [4.78, 5) is 34.7. The van der Waals surface area contributed by atoms with Crippen molar-refractivity contribution in [3.8, 4) is 0 Å². The normalized spacial score (nSPS) is 11.9. The van der Waals surface area contributed by atoms with E-state index >= 15 is 0 Å². The lowest BCUT2D eigenvalue weighted by atomic mass is 9.99. The van der Waals surface area contributed by atoms with E-state index in [2.05, 4.69) is 6.92 Å². The van der Waals surface area contributed by atoms with E-state index in [1.165, 1.54) is 91.6 Å². The average molecular weight is 429 g/mol. The van der Waals surface area contributed by atoms with E-state index in [4.69, 9.17) is 14.2 Å². The van der Waals surface area contributed by atoms with Gasteiger partial charge in [0.2, 0.25) is 0 Å². The summed E-state index contributed by atoms with van der Waals surface area (Å²) in [6.45, 7) is 4.69. The van der Waals surface area contributed by atoms with Crippen LogP contribution >= 0.6 is 0 Å². The predicted molar refractivity (Wildman–Crippen MR) is 118 cm³/mol. The smallest absolute Gasteiger partial charge is 0.316 e. The molecule has 6 heteroatoms. The molecule has 176 valence electrons. The van der Waals surface area contributed by atoms with Gasteiger partial charge in [-0.2, -0.15) is 0 Å². The van der Waals surface area contributed by atoms with Crippen LogP contribution in [0.4, 0.5) is 0 Å². The Kier molecular flexibility index (Phi) is 18.4. The van der Waals surface area contributed by atoms with Crippen molar-refractivity contribution in [3.05, 3.63) is 0 Å². The molecule has 0 rings (SSSR count). The second-order valence-corrected chi connectivity index (χ2v) is 8.10.